The van der Waals surface area contributed by atoms with Gasteiger partial charge in [-0.1, -0.05) is 0 Å². The van der Waals surface area contributed by atoms with Gasteiger partial charge in [-0.3, -0.25) is 9.88 Å². The number of ether oxygens (including phenoxy) is 2. The minimum absolute atomic E-state index is 0.0956. The highest BCUT2D eigenvalue weighted by Crippen LogP contribution is 2.45. The number of nitriles is 1. The van der Waals surface area contributed by atoms with E-state index in [-0.39, 0.29) is 50.6 Å². The highest BCUT2D eigenvalue weighted by atomic mass is 32.1. The van der Waals surface area contributed by atoms with E-state index in [1.54, 1.807) is 6.20 Å². The molecule has 204 valence electrons. The molecule has 0 radical (unpaired) electrons. The minimum Gasteiger partial charge on any atom is -0.389 e. The molecule has 3 saturated heterocycles. The number of aromatic nitrogens is 3. The summed E-state index contributed by atoms with van der Waals surface area (Å²) in [6, 6.07) is 2.45. The van der Waals surface area contributed by atoms with Crippen LogP contribution in [0.3, 0.4) is 0 Å². The molecule has 12 heteroatoms. The standard InChI is InChI=1S/C28H25F2N7O2S/c29-20-5-33-25(22-16(3-31)27(32)40-26(20)22)21-19-12-39-11-18(19)17-4-34-28(35-24(17)23(21)30)36-2-1-15(8-36)37-6-13-9-38-10-14(13)7-37/h4-5,13-15H,1-2,6-12,32H2/t13-,14+,15-/m1/s1. The summed E-state index contributed by atoms with van der Waals surface area (Å²) in [6.07, 6.45) is 3.73. The Balaban J connectivity index is 1.22. The summed E-state index contributed by atoms with van der Waals surface area (Å²) < 4.78 is 42.8. The van der Waals surface area contributed by atoms with Crippen molar-refractivity contribution in [2.75, 3.05) is 50.0 Å². The third kappa shape index (κ3) is 3.48. The van der Waals surface area contributed by atoms with Gasteiger partial charge in [-0.05, 0) is 17.5 Å². The molecular formula is C28H25F2N7O2S. The van der Waals surface area contributed by atoms with Gasteiger partial charge in [0.2, 0.25) is 5.95 Å². The van der Waals surface area contributed by atoms with Crippen molar-refractivity contribution in [2.45, 2.75) is 25.7 Å². The third-order valence-electron chi connectivity index (χ3n) is 8.96. The van der Waals surface area contributed by atoms with E-state index in [0.29, 0.717) is 34.8 Å². The number of thiophene rings is 1. The van der Waals surface area contributed by atoms with Crippen LogP contribution in [0.25, 0.3) is 32.2 Å². The third-order valence-corrected chi connectivity index (χ3v) is 9.99. The lowest BCUT2D eigenvalue weighted by Gasteiger charge is -2.25. The number of halogens is 2. The van der Waals surface area contributed by atoms with Crippen LogP contribution in [0.2, 0.25) is 0 Å². The molecule has 4 aliphatic rings. The Morgan fingerprint density at radius 1 is 1.05 bits per heavy atom. The van der Waals surface area contributed by atoms with Crippen LogP contribution in [-0.2, 0) is 22.7 Å². The molecule has 0 unspecified atom stereocenters. The summed E-state index contributed by atoms with van der Waals surface area (Å²) in [6.45, 7) is 5.84. The van der Waals surface area contributed by atoms with Crippen LogP contribution in [0, 0.1) is 34.8 Å². The number of hydrogen-bond donors (Lipinski definition) is 1. The van der Waals surface area contributed by atoms with Crippen LogP contribution >= 0.6 is 11.3 Å². The molecule has 4 aromatic rings. The van der Waals surface area contributed by atoms with E-state index in [9.17, 15) is 9.65 Å². The maximum Gasteiger partial charge on any atom is 0.226 e. The molecule has 2 N–H and O–H groups in total. The first-order valence-electron chi connectivity index (χ1n) is 13.4. The van der Waals surface area contributed by atoms with Gasteiger partial charge in [-0.15, -0.1) is 11.3 Å². The molecule has 8 rings (SSSR count). The summed E-state index contributed by atoms with van der Waals surface area (Å²) >= 11 is 0.960. The molecule has 1 aromatic carbocycles. The summed E-state index contributed by atoms with van der Waals surface area (Å²) in [4.78, 5) is 18.4. The molecule has 0 bridgehead atoms. The predicted octanol–water partition coefficient (Wildman–Crippen LogP) is 3.83. The van der Waals surface area contributed by atoms with Gasteiger partial charge in [0, 0.05) is 66.6 Å². The van der Waals surface area contributed by atoms with Gasteiger partial charge in [0.15, 0.2) is 11.6 Å². The van der Waals surface area contributed by atoms with Crippen molar-refractivity contribution >= 4 is 43.3 Å². The molecule has 7 heterocycles. The molecular weight excluding hydrogens is 536 g/mol. The van der Waals surface area contributed by atoms with Crippen molar-refractivity contribution in [3.05, 3.63) is 40.7 Å². The van der Waals surface area contributed by atoms with Crippen LogP contribution in [-0.4, -0.2) is 65.3 Å². The van der Waals surface area contributed by atoms with Crippen LogP contribution in [0.4, 0.5) is 19.7 Å². The van der Waals surface area contributed by atoms with E-state index < -0.39 is 11.6 Å². The van der Waals surface area contributed by atoms with Gasteiger partial charge in [0.05, 0.1) is 48.6 Å². The fourth-order valence-corrected chi connectivity index (χ4v) is 7.86. The zero-order valence-electron chi connectivity index (χ0n) is 21.5. The van der Waals surface area contributed by atoms with Crippen molar-refractivity contribution < 1.29 is 18.3 Å². The first-order chi connectivity index (χ1) is 19.5. The normalized spacial score (nSPS) is 24.3. The van der Waals surface area contributed by atoms with Gasteiger partial charge in [-0.2, -0.15) is 5.26 Å². The SMILES string of the molecule is N#Cc1c(N)sc2c(F)cnc(-c3c4c(c5cnc(N6CC[C@@H](N7C[C@H]8COC[C@H]8C7)C6)nc5c3F)COC4)c12. The average molecular weight is 562 g/mol. The molecule has 3 atom stereocenters. The number of benzene rings is 1. The number of hydrogen-bond acceptors (Lipinski definition) is 10. The van der Waals surface area contributed by atoms with E-state index in [1.807, 2.05) is 6.07 Å². The molecule has 40 heavy (non-hydrogen) atoms. The smallest absolute Gasteiger partial charge is 0.226 e. The lowest BCUT2D eigenvalue weighted by atomic mass is 9.94. The predicted molar refractivity (Wildman–Crippen MR) is 146 cm³/mol. The number of nitrogens with two attached hydrogens (primary N) is 1. The Bertz CT molecular complexity index is 1740. The number of rotatable bonds is 3. The highest BCUT2D eigenvalue weighted by molar-refractivity contribution is 7.23. The number of fused-ring (bicyclic) bond motifs is 5. The second-order valence-corrected chi connectivity index (χ2v) is 12.1. The van der Waals surface area contributed by atoms with Gasteiger partial charge < -0.3 is 20.1 Å². The Labute approximate surface area is 232 Å². The van der Waals surface area contributed by atoms with Crippen molar-refractivity contribution in [1.29, 1.82) is 5.26 Å². The summed E-state index contributed by atoms with van der Waals surface area (Å²) in [5, 5.41) is 10.8. The largest absolute Gasteiger partial charge is 0.389 e. The quantitative estimate of drug-likeness (QED) is 0.399. The zero-order valence-corrected chi connectivity index (χ0v) is 22.3. The molecule has 4 aliphatic heterocycles. The Morgan fingerprint density at radius 3 is 2.65 bits per heavy atom. The molecule has 0 spiro atoms. The zero-order chi connectivity index (χ0) is 27.1. The van der Waals surface area contributed by atoms with E-state index in [4.69, 9.17) is 20.2 Å². The Morgan fingerprint density at radius 2 is 1.85 bits per heavy atom. The molecule has 0 aliphatic carbocycles. The average Bonchev–Trinajstić information content (AvgIpc) is 3.77. The molecule has 3 fully saturated rings. The topological polar surface area (TPSA) is 113 Å². The van der Waals surface area contributed by atoms with E-state index in [0.717, 1.165) is 68.9 Å². The maximum atomic E-state index is 16.6. The molecule has 0 saturated carbocycles. The summed E-state index contributed by atoms with van der Waals surface area (Å²) in [5.41, 5.74) is 8.05. The summed E-state index contributed by atoms with van der Waals surface area (Å²) in [7, 11) is 0. The van der Waals surface area contributed by atoms with Crippen molar-refractivity contribution in [3.8, 4) is 17.3 Å². The van der Waals surface area contributed by atoms with Gasteiger partial charge >= 0.3 is 0 Å². The van der Waals surface area contributed by atoms with E-state index >= 15 is 4.39 Å². The molecule has 3 aromatic heterocycles. The Kier molecular flexibility index (Phi) is 5.47. The first-order valence-corrected chi connectivity index (χ1v) is 14.2. The first kappa shape index (κ1) is 24.3. The van der Waals surface area contributed by atoms with Crippen molar-refractivity contribution in [1.82, 2.24) is 19.9 Å². The van der Waals surface area contributed by atoms with Gasteiger partial charge in [0.1, 0.15) is 16.6 Å². The van der Waals surface area contributed by atoms with Crippen molar-refractivity contribution in [3.63, 3.8) is 0 Å². The fraction of sp³-hybridized carbons (Fsp3) is 0.429. The second kappa shape index (κ2) is 9.01. The lowest BCUT2D eigenvalue weighted by Crippen LogP contribution is -2.37. The molecule has 0 amide bonds. The number of pyridine rings is 1. The van der Waals surface area contributed by atoms with Crippen LogP contribution in [0.15, 0.2) is 12.4 Å². The van der Waals surface area contributed by atoms with Gasteiger partial charge in [-0.25, -0.2) is 18.7 Å². The second-order valence-electron chi connectivity index (χ2n) is 11.1. The van der Waals surface area contributed by atoms with Crippen molar-refractivity contribution in [2.24, 2.45) is 11.8 Å². The van der Waals surface area contributed by atoms with E-state index in [1.165, 1.54) is 0 Å². The minimum atomic E-state index is -0.603. The highest BCUT2D eigenvalue weighted by Gasteiger charge is 2.41. The number of nitrogen functional groups attached to an aromatic ring is 1. The molecule has 9 nitrogen and oxygen atoms in total. The van der Waals surface area contributed by atoms with Crippen LogP contribution in [0.1, 0.15) is 23.1 Å². The summed E-state index contributed by atoms with van der Waals surface area (Å²) in [5.74, 6) is 0.536. The lowest BCUT2D eigenvalue weighted by molar-refractivity contribution is 0.135. The Hall–Kier alpha value is -3.50. The number of anilines is 2. The number of likely N-dealkylation sites (tertiary alicyclic amines) is 1. The van der Waals surface area contributed by atoms with E-state index in [2.05, 4.69) is 19.8 Å². The maximum absolute atomic E-state index is 16.6. The van der Waals surface area contributed by atoms with Crippen LogP contribution in [0.5, 0.6) is 0 Å². The fourth-order valence-electron chi connectivity index (χ4n) is 6.93. The van der Waals surface area contributed by atoms with Crippen LogP contribution < -0.4 is 10.6 Å². The van der Waals surface area contributed by atoms with Gasteiger partial charge in [0.25, 0.3) is 0 Å². The monoisotopic (exact) mass is 561 g/mol. The number of nitrogens with zero attached hydrogens (tertiary/aromatic N) is 6.